The van der Waals surface area contributed by atoms with Gasteiger partial charge in [-0.15, -0.1) is 0 Å². The highest BCUT2D eigenvalue weighted by molar-refractivity contribution is 5.97. The minimum atomic E-state index is 0.0977. The quantitative estimate of drug-likeness (QED) is 0.906. The van der Waals surface area contributed by atoms with E-state index in [4.69, 9.17) is 4.74 Å². The molecule has 1 amide bonds. The van der Waals surface area contributed by atoms with E-state index in [-0.39, 0.29) is 5.91 Å². The van der Waals surface area contributed by atoms with E-state index >= 15 is 0 Å². The third-order valence-electron chi connectivity index (χ3n) is 5.37. The first-order valence-electron chi connectivity index (χ1n) is 7.98. The van der Waals surface area contributed by atoms with Crippen molar-refractivity contribution < 1.29 is 9.53 Å². The maximum Gasteiger partial charge on any atom is 0.252 e. The zero-order chi connectivity index (χ0) is 15.0. The molecular weight excluding hydrogens is 262 g/mol. The lowest BCUT2D eigenvalue weighted by Crippen LogP contribution is -2.57. The van der Waals surface area contributed by atoms with Crippen LogP contribution in [0.1, 0.15) is 52.7 Å². The Balaban J connectivity index is 1.75. The Hall–Kier alpha value is -1.35. The highest BCUT2D eigenvalue weighted by Gasteiger charge is 2.48. The van der Waals surface area contributed by atoms with Gasteiger partial charge in [-0.25, -0.2) is 0 Å². The summed E-state index contributed by atoms with van der Waals surface area (Å²) in [6, 6.07) is 4.51. The Morgan fingerprint density at radius 2 is 1.76 bits per heavy atom. The Bertz CT molecular complexity index is 535. The molecule has 1 unspecified atom stereocenters. The molecule has 1 atom stereocenters. The van der Waals surface area contributed by atoms with Crippen molar-refractivity contribution in [2.45, 2.75) is 52.5 Å². The van der Waals surface area contributed by atoms with Crippen LogP contribution in [0.3, 0.4) is 0 Å². The molecule has 2 fully saturated rings. The van der Waals surface area contributed by atoms with Crippen LogP contribution in [0.4, 0.5) is 0 Å². The third kappa shape index (κ3) is 2.59. The number of amides is 1. The van der Waals surface area contributed by atoms with Gasteiger partial charge in [-0.1, -0.05) is 17.7 Å². The van der Waals surface area contributed by atoms with Gasteiger partial charge in [-0.05, 0) is 63.0 Å². The number of hydrogen-bond donors (Lipinski definition) is 1. The summed E-state index contributed by atoms with van der Waals surface area (Å²) in [5.41, 5.74) is 4.52. The second-order valence-electron chi connectivity index (χ2n) is 6.81. The molecule has 1 saturated carbocycles. The van der Waals surface area contributed by atoms with E-state index in [9.17, 15) is 4.79 Å². The summed E-state index contributed by atoms with van der Waals surface area (Å²) in [5.74, 6) is 0.0977. The average Bonchev–Trinajstić information content (AvgIpc) is 2.43. The molecule has 1 aromatic rings. The molecule has 1 N–H and O–H groups in total. The number of aryl methyl sites for hydroxylation is 3. The fourth-order valence-electron chi connectivity index (χ4n) is 4.07. The van der Waals surface area contributed by atoms with E-state index in [1.54, 1.807) is 0 Å². The summed E-state index contributed by atoms with van der Waals surface area (Å²) in [5, 5.41) is 3.30. The number of rotatable bonds is 2. The third-order valence-corrected chi connectivity index (χ3v) is 5.37. The molecule has 1 spiro atoms. The zero-order valence-corrected chi connectivity index (χ0v) is 13.3. The lowest BCUT2D eigenvalue weighted by atomic mass is 9.60. The lowest BCUT2D eigenvalue weighted by Gasteiger charge is -2.52. The molecular formula is C18H25NO2. The number of benzene rings is 1. The normalized spacial score (nSPS) is 23.7. The predicted octanol–water partition coefficient (Wildman–Crippen LogP) is 3.30. The van der Waals surface area contributed by atoms with E-state index in [1.165, 1.54) is 12.0 Å². The van der Waals surface area contributed by atoms with E-state index < -0.39 is 0 Å². The largest absolute Gasteiger partial charge is 0.381 e. The molecule has 0 aromatic heterocycles. The Morgan fingerprint density at radius 3 is 2.29 bits per heavy atom. The van der Waals surface area contributed by atoms with Gasteiger partial charge in [0, 0.05) is 24.8 Å². The molecule has 0 radical (unpaired) electrons. The van der Waals surface area contributed by atoms with Crippen LogP contribution in [-0.2, 0) is 4.74 Å². The first-order chi connectivity index (χ1) is 10.0. The van der Waals surface area contributed by atoms with Gasteiger partial charge in [0.15, 0.2) is 0 Å². The average molecular weight is 287 g/mol. The van der Waals surface area contributed by atoms with Crippen molar-refractivity contribution in [3.05, 3.63) is 34.4 Å². The van der Waals surface area contributed by atoms with Crippen molar-refractivity contribution in [3.63, 3.8) is 0 Å². The summed E-state index contributed by atoms with van der Waals surface area (Å²) in [7, 11) is 0. The number of carbonyl (C=O) groups excluding carboxylic acids is 1. The molecule has 1 saturated heterocycles. The lowest BCUT2D eigenvalue weighted by molar-refractivity contribution is -0.0523. The van der Waals surface area contributed by atoms with E-state index in [0.29, 0.717) is 11.5 Å². The number of carbonyl (C=O) groups is 1. The highest BCUT2D eigenvalue weighted by Crippen LogP contribution is 2.48. The van der Waals surface area contributed by atoms with Crippen LogP contribution in [0.5, 0.6) is 0 Å². The summed E-state index contributed by atoms with van der Waals surface area (Å²) in [6.07, 6.45) is 4.51. The van der Waals surface area contributed by atoms with Gasteiger partial charge >= 0.3 is 0 Å². The molecule has 1 aliphatic heterocycles. The maximum atomic E-state index is 12.7. The molecule has 3 rings (SSSR count). The fraction of sp³-hybridized carbons (Fsp3) is 0.611. The van der Waals surface area contributed by atoms with Crippen LogP contribution in [-0.4, -0.2) is 25.2 Å². The van der Waals surface area contributed by atoms with Crippen LogP contribution in [0.25, 0.3) is 0 Å². The van der Waals surface area contributed by atoms with Gasteiger partial charge in [0.2, 0.25) is 0 Å². The van der Waals surface area contributed by atoms with Gasteiger partial charge in [0.25, 0.3) is 5.91 Å². The zero-order valence-electron chi connectivity index (χ0n) is 13.3. The van der Waals surface area contributed by atoms with Crippen molar-refractivity contribution in [3.8, 4) is 0 Å². The van der Waals surface area contributed by atoms with Crippen molar-refractivity contribution in [1.82, 2.24) is 5.32 Å². The Kier molecular flexibility index (Phi) is 3.78. The molecule has 114 valence electrons. The maximum absolute atomic E-state index is 12.7. The van der Waals surface area contributed by atoms with Crippen molar-refractivity contribution in [1.29, 1.82) is 0 Å². The molecule has 21 heavy (non-hydrogen) atoms. The fourth-order valence-corrected chi connectivity index (χ4v) is 4.07. The second kappa shape index (κ2) is 5.45. The molecule has 3 heteroatoms. The number of ether oxygens (including phenoxy) is 1. The summed E-state index contributed by atoms with van der Waals surface area (Å²) >= 11 is 0. The first kappa shape index (κ1) is 14.6. The second-order valence-corrected chi connectivity index (χ2v) is 6.81. The van der Waals surface area contributed by atoms with Gasteiger partial charge < -0.3 is 10.1 Å². The molecule has 1 aliphatic carbocycles. The molecule has 3 nitrogen and oxygen atoms in total. The summed E-state index contributed by atoms with van der Waals surface area (Å²) < 4.78 is 5.48. The number of nitrogens with one attached hydrogen (secondary N) is 1. The van der Waals surface area contributed by atoms with Crippen LogP contribution in [0.15, 0.2) is 12.1 Å². The van der Waals surface area contributed by atoms with Crippen molar-refractivity contribution in [2.75, 3.05) is 13.2 Å². The minimum absolute atomic E-state index is 0.0977. The van der Waals surface area contributed by atoms with Crippen LogP contribution in [0, 0.1) is 26.2 Å². The van der Waals surface area contributed by atoms with Crippen LogP contribution >= 0.6 is 0 Å². The van der Waals surface area contributed by atoms with E-state index in [1.807, 2.05) is 13.8 Å². The SMILES string of the molecule is Cc1cc(C)c(C(=O)NC2CCC23CCOCC3)c(C)c1. The van der Waals surface area contributed by atoms with Gasteiger partial charge in [-0.3, -0.25) is 4.79 Å². The molecule has 1 heterocycles. The molecule has 0 bridgehead atoms. The van der Waals surface area contributed by atoms with Gasteiger partial charge in [0.1, 0.15) is 0 Å². The predicted molar refractivity (Wildman–Crippen MR) is 83.6 cm³/mol. The smallest absolute Gasteiger partial charge is 0.252 e. The summed E-state index contributed by atoms with van der Waals surface area (Å²) in [4.78, 5) is 12.7. The topological polar surface area (TPSA) is 38.3 Å². The molecule has 2 aliphatic rings. The van der Waals surface area contributed by atoms with Gasteiger partial charge in [0.05, 0.1) is 0 Å². The Morgan fingerprint density at radius 1 is 1.14 bits per heavy atom. The van der Waals surface area contributed by atoms with Crippen LogP contribution < -0.4 is 5.32 Å². The first-order valence-corrected chi connectivity index (χ1v) is 7.98. The molecule has 1 aromatic carbocycles. The van der Waals surface area contributed by atoms with Gasteiger partial charge in [-0.2, -0.15) is 0 Å². The van der Waals surface area contributed by atoms with E-state index in [0.717, 1.165) is 49.2 Å². The van der Waals surface area contributed by atoms with Crippen LogP contribution in [0.2, 0.25) is 0 Å². The minimum Gasteiger partial charge on any atom is -0.381 e. The number of hydrogen-bond acceptors (Lipinski definition) is 2. The van der Waals surface area contributed by atoms with E-state index in [2.05, 4.69) is 24.4 Å². The van der Waals surface area contributed by atoms with Crippen molar-refractivity contribution >= 4 is 5.91 Å². The summed E-state index contributed by atoms with van der Waals surface area (Å²) in [6.45, 7) is 7.81. The Labute approximate surface area is 127 Å². The highest BCUT2D eigenvalue weighted by atomic mass is 16.5. The monoisotopic (exact) mass is 287 g/mol. The van der Waals surface area contributed by atoms with Crippen molar-refractivity contribution in [2.24, 2.45) is 5.41 Å². The standard InChI is InChI=1S/C18H25NO2/c1-12-10-13(2)16(14(3)11-12)17(20)19-15-4-5-18(15)6-8-21-9-7-18/h10-11,15H,4-9H2,1-3H3,(H,19,20).